The number of aromatic amines is 1. The van der Waals surface area contributed by atoms with Gasteiger partial charge in [-0.1, -0.05) is 22.0 Å². The lowest BCUT2D eigenvalue weighted by Gasteiger charge is -2.14. The summed E-state index contributed by atoms with van der Waals surface area (Å²) in [6.45, 7) is 0. The first-order chi connectivity index (χ1) is 13.6. The average Bonchev–Trinajstić information content (AvgIpc) is 3.07. The smallest absolute Gasteiger partial charge is 0.496 e. The summed E-state index contributed by atoms with van der Waals surface area (Å²) < 4.78 is 65.6. The fourth-order valence-corrected chi connectivity index (χ4v) is 3.49. The molecule has 0 spiro atoms. The van der Waals surface area contributed by atoms with Crippen molar-refractivity contribution in [1.82, 2.24) is 4.98 Å². The van der Waals surface area contributed by atoms with Gasteiger partial charge < -0.3 is 19.2 Å². The zero-order valence-corrected chi connectivity index (χ0v) is 16.7. The number of ketones is 1. The summed E-state index contributed by atoms with van der Waals surface area (Å²) in [6.07, 6.45) is -3.56. The zero-order chi connectivity index (χ0) is 21.3. The van der Waals surface area contributed by atoms with Crippen LogP contribution in [0.25, 0.3) is 10.9 Å². The van der Waals surface area contributed by atoms with Crippen molar-refractivity contribution in [1.29, 1.82) is 0 Å². The van der Waals surface area contributed by atoms with Crippen LogP contribution in [-0.2, 0) is 0 Å². The van der Waals surface area contributed by atoms with Gasteiger partial charge in [-0.15, -0.1) is 13.2 Å². The number of benzene rings is 2. The highest BCUT2D eigenvalue weighted by atomic mass is 79.9. The second-order valence-corrected chi connectivity index (χ2v) is 6.83. The van der Waals surface area contributed by atoms with Gasteiger partial charge in [0.1, 0.15) is 16.4 Å². The van der Waals surface area contributed by atoms with Crippen LogP contribution >= 0.6 is 15.9 Å². The molecule has 2 aromatic carbocycles. The van der Waals surface area contributed by atoms with E-state index < -0.39 is 28.5 Å². The molecule has 0 fully saturated rings. The van der Waals surface area contributed by atoms with Crippen molar-refractivity contribution in [2.45, 2.75) is 11.2 Å². The van der Waals surface area contributed by atoms with Crippen LogP contribution < -0.4 is 14.2 Å². The van der Waals surface area contributed by atoms with Gasteiger partial charge >= 0.3 is 6.36 Å². The van der Waals surface area contributed by atoms with Crippen LogP contribution in [-0.4, -0.2) is 31.3 Å². The molecule has 29 heavy (non-hydrogen) atoms. The molecule has 1 atom stereocenters. The molecule has 0 aliphatic carbocycles. The van der Waals surface area contributed by atoms with Gasteiger partial charge in [0.2, 0.25) is 0 Å². The molecule has 0 bridgehead atoms. The minimum Gasteiger partial charge on any atom is -0.496 e. The van der Waals surface area contributed by atoms with E-state index in [1.165, 1.54) is 38.6 Å². The molecule has 0 aliphatic heterocycles. The number of fused-ring (bicyclic) bond motifs is 1. The van der Waals surface area contributed by atoms with Crippen molar-refractivity contribution in [2.75, 3.05) is 14.2 Å². The third-order valence-electron chi connectivity index (χ3n) is 4.16. The topological polar surface area (TPSA) is 60.6 Å². The molecule has 10 heteroatoms. The van der Waals surface area contributed by atoms with E-state index in [2.05, 4.69) is 25.7 Å². The maximum atomic E-state index is 13.4. The predicted octanol–water partition coefficient (Wildman–Crippen LogP) is 5.54. The molecule has 0 aliphatic rings. The van der Waals surface area contributed by atoms with Gasteiger partial charge in [-0.05, 0) is 12.1 Å². The molecular weight excluding hydrogens is 462 g/mol. The maximum absolute atomic E-state index is 13.4. The van der Waals surface area contributed by atoms with E-state index in [-0.39, 0.29) is 22.4 Å². The summed E-state index contributed by atoms with van der Waals surface area (Å²) in [5.74, 6) is -1.57. The number of ether oxygens (including phenoxy) is 3. The number of nitrogens with one attached hydrogen (secondary N) is 1. The fraction of sp³-hybridized carbons (Fsp3) is 0.211. The van der Waals surface area contributed by atoms with Gasteiger partial charge in [0.15, 0.2) is 17.3 Å². The molecule has 0 radical (unpaired) electrons. The molecule has 3 rings (SSSR count). The molecule has 1 heterocycles. The summed E-state index contributed by atoms with van der Waals surface area (Å²) in [5.41, 5.74) is 0.863. The molecular formula is C19H14BrF4NO4. The highest BCUT2D eigenvalue weighted by molar-refractivity contribution is 9.09. The van der Waals surface area contributed by atoms with E-state index in [1.54, 1.807) is 0 Å². The largest absolute Gasteiger partial charge is 0.573 e. The fourth-order valence-electron chi connectivity index (χ4n) is 2.87. The van der Waals surface area contributed by atoms with Gasteiger partial charge in [0.05, 0.1) is 19.7 Å². The lowest BCUT2D eigenvalue weighted by atomic mass is 10.0. The van der Waals surface area contributed by atoms with Crippen LogP contribution in [0.15, 0.2) is 36.5 Å². The first kappa shape index (κ1) is 21.0. The van der Waals surface area contributed by atoms with Gasteiger partial charge in [0, 0.05) is 34.8 Å². The monoisotopic (exact) mass is 475 g/mol. The predicted molar refractivity (Wildman–Crippen MR) is 100 cm³/mol. The number of rotatable bonds is 6. The summed E-state index contributed by atoms with van der Waals surface area (Å²) in [4.78, 5) is 14.9. The van der Waals surface area contributed by atoms with Crippen molar-refractivity contribution in [3.05, 3.63) is 53.5 Å². The van der Waals surface area contributed by atoms with Crippen molar-refractivity contribution >= 4 is 32.6 Å². The summed E-state index contributed by atoms with van der Waals surface area (Å²) in [5, 5.41) is 0.209. The average molecular weight is 476 g/mol. The minimum atomic E-state index is -4.93. The van der Waals surface area contributed by atoms with Gasteiger partial charge in [-0.3, -0.25) is 4.79 Å². The number of alkyl halides is 4. The second kappa shape index (κ2) is 7.94. The van der Waals surface area contributed by atoms with Crippen LogP contribution in [0.3, 0.4) is 0 Å². The van der Waals surface area contributed by atoms with E-state index in [0.29, 0.717) is 11.1 Å². The third-order valence-corrected chi connectivity index (χ3v) is 5.06. The quantitative estimate of drug-likeness (QED) is 0.288. The Labute approximate surface area is 170 Å². The Balaban J connectivity index is 2.05. The standard InChI is InChI=1S/C19H14BrF4NO4/c1-27-14-5-9(21)3-4-10(14)17(20)18(26)12-8-25-13-7-15(28-2)16(6-11(12)13)29-19(22,23)24/h3-8,17,25H,1-2H3. The van der Waals surface area contributed by atoms with Crippen LogP contribution in [0, 0.1) is 5.82 Å². The Kier molecular flexibility index (Phi) is 5.74. The Morgan fingerprint density at radius 2 is 1.76 bits per heavy atom. The molecule has 0 saturated heterocycles. The van der Waals surface area contributed by atoms with Crippen molar-refractivity contribution in [2.24, 2.45) is 0 Å². The Hall–Kier alpha value is -2.75. The molecule has 1 unspecified atom stereocenters. The number of methoxy groups -OCH3 is 2. The summed E-state index contributed by atoms with van der Waals surface area (Å²) in [7, 11) is 2.54. The van der Waals surface area contributed by atoms with Crippen molar-refractivity contribution in [3.63, 3.8) is 0 Å². The Morgan fingerprint density at radius 3 is 2.38 bits per heavy atom. The van der Waals surface area contributed by atoms with Crippen LogP contribution in [0.1, 0.15) is 20.7 Å². The van der Waals surface area contributed by atoms with Gasteiger partial charge in [-0.2, -0.15) is 0 Å². The number of carbonyl (C=O) groups is 1. The van der Waals surface area contributed by atoms with Crippen molar-refractivity contribution in [3.8, 4) is 17.2 Å². The van der Waals surface area contributed by atoms with E-state index in [4.69, 9.17) is 9.47 Å². The lowest BCUT2D eigenvalue weighted by molar-refractivity contribution is -0.275. The molecule has 1 N–H and O–H groups in total. The van der Waals surface area contributed by atoms with E-state index in [0.717, 1.165) is 12.1 Å². The number of H-pyrrole nitrogens is 1. The van der Waals surface area contributed by atoms with Gasteiger partial charge in [0.25, 0.3) is 0 Å². The summed E-state index contributed by atoms with van der Waals surface area (Å²) in [6, 6.07) is 6.07. The SMILES string of the molecule is COc1cc2[nH]cc(C(=O)C(Br)c3ccc(F)cc3OC)c2cc1OC(F)(F)F. The minimum absolute atomic E-state index is 0.114. The number of aromatic nitrogens is 1. The number of Topliss-reactive ketones (excluding diaryl/α,β-unsaturated/α-hetero) is 1. The van der Waals surface area contributed by atoms with E-state index in [9.17, 15) is 22.4 Å². The number of halogens is 5. The molecule has 0 saturated carbocycles. The number of carbonyl (C=O) groups excluding carboxylic acids is 1. The second-order valence-electron chi connectivity index (χ2n) is 5.91. The highest BCUT2D eigenvalue weighted by Gasteiger charge is 2.33. The van der Waals surface area contributed by atoms with E-state index >= 15 is 0 Å². The Bertz CT molecular complexity index is 1060. The van der Waals surface area contributed by atoms with Gasteiger partial charge in [-0.25, -0.2) is 4.39 Å². The van der Waals surface area contributed by atoms with Crippen LogP contribution in [0.4, 0.5) is 17.6 Å². The summed E-state index contributed by atoms with van der Waals surface area (Å²) >= 11 is 3.27. The van der Waals surface area contributed by atoms with Crippen LogP contribution in [0.2, 0.25) is 0 Å². The van der Waals surface area contributed by atoms with Crippen molar-refractivity contribution < 1.29 is 36.6 Å². The van der Waals surface area contributed by atoms with E-state index in [1.807, 2.05) is 0 Å². The first-order valence-corrected chi connectivity index (χ1v) is 9.02. The molecule has 5 nitrogen and oxygen atoms in total. The molecule has 0 amide bonds. The Morgan fingerprint density at radius 1 is 1.07 bits per heavy atom. The first-order valence-electron chi connectivity index (χ1n) is 8.11. The molecule has 3 aromatic rings. The molecule has 154 valence electrons. The normalized spacial score (nSPS) is 12.7. The number of hydrogen-bond donors (Lipinski definition) is 1. The zero-order valence-electron chi connectivity index (χ0n) is 15.1. The maximum Gasteiger partial charge on any atom is 0.573 e. The highest BCUT2D eigenvalue weighted by Crippen LogP contribution is 2.40. The van der Waals surface area contributed by atoms with Crippen LogP contribution in [0.5, 0.6) is 17.2 Å². The lowest BCUT2D eigenvalue weighted by Crippen LogP contribution is -2.17. The number of hydrogen-bond acceptors (Lipinski definition) is 4. The third kappa shape index (κ3) is 4.31. The molecule has 1 aromatic heterocycles.